The Bertz CT molecular complexity index is 915. The second-order valence-corrected chi connectivity index (χ2v) is 10.0. The summed E-state index contributed by atoms with van der Waals surface area (Å²) in [4.78, 5) is 0.208. The summed E-state index contributed by atoms with van der Waals surface area (Å²) in [5.41, 5.74) is 0. The second kappa shape index (κ2) is 7.47. The number of rotatable bonds is 4. The van der Waals surface area contributed by atoms with Crippen LogP contribution in [0.25, 0.3) is 0 Å². The molecule has 0 bridgehead atoms. The molecule has 0 aliphatic heterocycles. The highest BCUT2D eigenvalue weighted by atomic mass is 79.9. The summed E-state index contributed by atoms with van der Waals surface area (Å²) in [5.74, 6) is 0. The van der Waals surface area contributed by atoms with Gasteiger partial charge in [0.05, 0.1) is 4.90 Å². The van der Waals surface area contributed by atoms with Crippen LogP contribution in [0.5, 0.6) is 0 Å². The van der Waals surface area contributed by atoms with E-state index in [1.54, 1.807) is 24.3 Å². The van der Waals surface area contributed by atoms with Crippen LogP contribution in [0.4, 0.5) is 0 Å². The van der Waals surface area contributed by atoms with Crippen LogP contribution in [0.15, 0.2) is 98.4 Å². The third-order valence-corrected chi connectivity index (χ3v) is 8.27. The normalized spacial score (nSPS) is 11.4. The summed E-state index contributed by atoms with van der Waals surface area (Å²) in [6.45, 7) is 0. The molecule has 24 heavy (non-hydrogen) atoms. The summed E-state index contributed by atoms with van der Waals surface area (Å²) in [5, 5.41) is 1.88. The summed E-state index contributed by atoms with van der Waals surface area (Å²) in [7, 11) is -5.51. The Labute approximate surface area is 151 Å². The van der Waals surface area contributed by atoms with Crippen LogP contribution in [-0.2, 0) is 10.0 Å². The zero-order valence-corrected chi connectivity index (χ0v) is 16.0. The molecule has 0 N–H and O–H groups in total. The van der Waals surface area contributed by atoms with Crippen molar-refractivity contribution >= 4 is 44.3 Å². The fourth-order valence-electron chi connectivity index (χ4n) is 2.24. The highest BCUT2D eigenvalue weighted by Gasteiger charge is 2.15. The topological polar surface area (TPSA) is 46.5 Å². The number of nitrogens with zero attached hydrogens (tertiary/aromatic N) is 1. The standard InChI is InChI=1S/C18H15BrNO2PS/c19-15-11-13-18(14-12-15)24(21,22)20-23(16-7-3-1-4-8-16)17-9-5-2-6-10-17/h1-14,23H. The molecule has 0 atom stereocenters. The Balaban J connectivity index is 2.15. The van der Waals surface area contributed by atoms with Crippen molar-refractivity contribution in [3.05, 3.63) is 89.4 Å². The van der Waals surface area contributed by atoms with Gasteiger partial charge in [0.15, 0.2) is 0 Å². The molecule has 0 amide bonds. The molecule has 3 aromatic rings. The van der Waals surface area contributed by atoms with Gasteiger partial charge in [0.2, 0.25) is 0 Å². The quantitative estimate of drug-likeness (QED) is 0.595. The predicted octanol–water partition coefficient (Wildman–Crippen LogP) is 4.19. The Morgan fingerprint density at radius 3 is 1.62 bits per heavy atom. The van der Waals surface area contributed by atoms with Crippen LogP contribution in [-0.4, -0.2) is 8.42 Å². The van der Waals surface area contributed by atoms with E-state index in [4.69, 9.17) is 0 Å². The van der Waals surface area contributed by atoms with E-state index in [9.17, 15) is 8.42 Å². The molecule has 0 unspecified atom stereocenters. The lowest BCUT2D eigenvalue weighted by Crippen LogP contribution is -2.08. The maximum atomic E-state index is 12.7. The van der Waals surface area contributed by atoms with Gasteiger partial charge in [-0.1, -0.05) is 76.6 Å². The van der Waals surface area contributed by atoms with Gasteiger partial charge in [0.1, 0.15) is 0 Å². The average molecular weight is 420 g/mol. The molecular formula is C18H15BrNO2PS. The van der Waals surface area contributed by atoms with E-state index in [-0.39, 0.29) is 4.90 Å². The maximum Gasteiger partial charge on any atom is 0.281 e. The first-order valence-electron chi connectivity index (χ1n) is 7.28. The summed E-state index contributed by atoms with van der Waals surface area (Å²) in [6.07, 6.45) is 0. The summed E-state index contributed by atoms with van der Waals surface area (Å²) in [6, 6.07) is 25.7. The lowest BCUT2D eigenvalue weighted by atomic mass is 10.4. The van der Waals surface area contributed by atoms with Crippen LogP contribution in [0, 0.1) is 0 Å². The molecule has 0 aliphatic carbocycles. The molecule has 0 saturated carbocycles. The molecule has 0 fully saturated rings. The number of benzene rings is 3. The van der Waals surface area contributed by atoms with E-state index in [0.29, 0.717) is 0 Å². The smallest absolute Gasteiger partial charge is 0.199 e. The van der Waals surface area contributed by atoms with Gasteiger partial charge in [-0.05, 0) is 34.9 Å². The number of sulfonamides is 1. The number of hydrogen-bond acceptors (Lipinski definition) is 2. The van der Waals surface area contributed by atoms with Gasteiger partial charge in [-0.2, -0.15) is 12.6 Å². The van der Waals surface area contributed by atoms with E-state index in [1.165, 1.54) is 0 Å². The monoisotopic (exact) mass is 419 g/mol. The van der Waals surface area contributed by atoms with Gasteiger partial charge in [0.25, 0.3) is 10.0 Å². The first-order chi connectivity index (χ1) is 11.6. The minimum atomic E-state index is -3.72. The Hall–Kier alpha value is -1.68. The first-order valence-corrected chi connectivity index (χ1v) is 11.0. The molecule has 3 rings (SSSR count). The Morgan fingerprint density at radius 1 is 0.708 bits per heavy atom. The second-order valence-electron chi connectivity index (χ2n) is 5.10. The van der Waals surface area contributed by atoms with E-state index in [0.717, 1.165) is 15.1 Å². The van der Waals surface area contributed by atoms with Gasteiger partial charge in [-0.25, -0.2) is 0 Å². The number of halogens is 1. The molecule has 0 radical (unpaired) electrons. The molecule has 0 aromatic heterocycles. The van der Waals surface area contributed by atoms with Crippen molar-refractivity contribution in [2.45, 2.75) is 4.90 Å². The van der Waals surface area contributed by atoms with Gasteiger partial charge >= 0.3 is 0 Å². The highest BCUT2D eigenvalue weighted by Crippen LogP contribution is 2.29. The van der Waals surface area contributed by atoms with Crippen LogP contribution in [0.2, 0.25) is 0 Å². The van der Waals surface area contributed by atoms with E-state index in [2.05, 4.69) is 20.1 Å². The minimum absolute atomic E-state index is 0.208. The van der Waals surface area contributed by atoms with Crippen molar-refractivity contribution in [3.8, 4) is 0 Å². The minimum Gasteiger partial charge on any atom is -0.199 e. The fourth-order valence-corrected chi connectivity index (χ4v) is 6.56. The SMILES string of the molecule is O=S(=O)(N=[PH](c1ccccc1)c1ccccc1)c1ccc(Br)cc1. The molecule has 3 nitrogen and oxygen atoms in total. The van der Waals surface area contributed by atoms with Gasteiger partial charge < -0.3 is 0 Å². The molecule has 6 heteroatoms. The molecule has 0 saturated heterocycles. The molecule has 0 heterocycles. The lowest BCUT2D eigenvalue weighted by Gasteiger charge is -2.09. The van der Waals surface area contributed by atoms with Crippen molar-refractivity contribution in [2.75, 3.05) is 0 Å². The average Bonchev–Trinajstić information content (AvgIpc) is 2.62. The molecule has 0 aliphatic rings. The zero-order chi connectivity index (χ0) is 17.0. The van der Waals surface area contributed by atoms with Crippen molar-refractivity contribution in [1.82, 2.24) is 0 Å². The summed E-state index contributed by atoms with van der Waals surface area (Å²) >= 11 is 3.32. The van der Waals surface area contributed by atoms with Crippen molar-refractivity contribution in [1.29, 1.82) is 0 Å². The van der Waals surface area contributed by atoms with Gasteiger partial charge in [-0.15, -0.1) is 0 Å². The molecule has 0 spiro atoms. The molecular weight excluding hydrogens is 405 g/mol. The van der Waals surface area contributed by atoms with E-state index >= 15 is 0 Å². The third-order valence-electron chi connectivity index (χ3n) is 3.42. The van der Waals surface area contributed by atoms with Crippen LogP contribution in [0.3, 0.4) is 0 Å². The van der Waals surface area contributed by atoms with Gasteiger partial charge in [0, 0.05) is 12.2 Å². The summed E-state index contributed by atoms with van der Waals surface area (Å²) < 4.78 is 30.6. The highest BCUT2D eigenvalue weighted by molar-refractivity contribution is 9.10. The first kappa shape index (κ1) is 17.2. The van der Waals surface area contributed by atoms with Gasteiger partial charge in [-0.3, -0.25) is 0 Å². The van der Waals surface area contributed by atoms with E-state index < -0.39 is 17.7 Å². The van der Waals surface area contributed by atoms with E-state index in [1.807, 2.05) is 60.7 Å². The van der Waals surface area contributed by atoms with Crippen LogP contribution in [0.1, 0.15) is 0 Å². The third kappa shape index (κ3) is 4.04. The predicted molar refractivity (Wildman–Crippen MR) is 104 cm³/mol. The van der Waals surface area contributed by atoms with Crippen LogP contribution < -0.4 is 10.6 Å². The number of hydrogen-bond donors (Lipinski definition) is 0. The van der Waals surface area contributed by atoms with Crippen molar-refractivity contribution in [2.24, 2.45) is 4.15 Å². The molecule has 3 aromatic carbocycles. The molecule has 122 valence electrons. The lowest BCUT2D eigenvalue weighted by molar-refractivity contribution is 0.598. The largest absolute Gasteiger partial charge is 0.281 e. The zero-order valence-electron chi connectivity index (χ0n) is 12.6. The Morgan fingerprint density at radius 2 is 1.17 bits per heavy atom. The van der Waals surface area contributed by atoms with Crippen molar-refractivity contribution < 1.29 is 8.42 Å². The Kier molecular flexibility index (Phi) is 5.34. The maximum absolute atomic E-state index is 12.7. The fraction of sp³-hybridized carbons (Fsp3) is 0. The van der Waals surface area contributed by atoms with Crippen LogP contribution >= 0.6 is 23.6 Å². The van der Waals surface area contributed by atoms with Crippen molar-refractivity contribution in [3.63, 3.8) is 0 Å².